The molecule has 2 aliphatic heterocycles. The molecule has 0 saturated carbocycles. The Kier molecular flexibility index (Phi) is 32.8. The Labute approximate surface area is 444 Å². The van der Waals surface area contributed by atoms with Crippen LogP contribution in [0.15, 0.2) is 42.5 Å². The van der Waals surface area contributed by atoms with Crippen LogP contribution in [0.5, 0.6) is 23.0 Å². The van der Waals surface area contributed by atoms with Crippen LogP contribution in [-0.2, 0) is 96.5 Å². The van der Waals surface area contributed by atoms with Crippen molar-refractivity contribution in [1.82, 2.24) is 0 Å². The Morgan fingerprint density at radius 3 is 1.70 bits per heavy atom. The molecule has 4 rings (SSSR count). The lowest BCUT2D eigenvalue weighted by Gasteiger charge is -2.48. The number of carbonyl (C=O) groups excluding carboxylic acids is 1. The summed E-state index contributed by atoms with van der Waals surface area (Å²) >= 11 is 0. The molecule has 0 aromatic heterocycles. The van der Waals surface area contributed by atoms with Crippen LogP contribution in [0.3, 0.4) is 0 Å². The molecule has 0 spiro atoms. The molecule has 0 unspecified atom stereocenters. The zero-order valence-electron chi connectivity index (χ0n) is 44.9. The first-order chi connectivity index (χ1) is 37.1. The van der Waals surface area contributed by atoms with E-state index in [0.717, 1.165) is 5.56 Å². The summed E-state index contributed by atoms with van der Waals surface area (Å²) in [5.74, 6) is 0.873. The normalized spacial score (nSPS) is 23.7. The molecule has 0 aliphatic carbocycles. The molecule has 25 heteroatoms. The Bertz CT molecular complexity index is 1860. The topological polar surface area (TPSA) is 261 Å². The lowest BCUT2D eigenvalue weighted by molar-refractivity contribution is -0.371. The number of benzene rings is 2. The van der Waals surface area contributed by atoms with Crippen LogP contribution in [-0.4, -0.2) is 241 Å². The highest BCUT2D eigenvalue weighted by molar-refractivity contribution is 5.87. The van der Waals surface area contributed by atoms with Crippen LogP contribution in [0.1, 0.15) is 18.1 Å². The van der Waals surface area contributed by atoms with Gasteiger partial charge in [0, 0.05) is 41.6 Å². The van der Waals surface area contributed by atoms with Crippen LogP contribution in [0.2, 0.25) is 0 Å². The van der Waals surface area contributed by atoms with Crippen LogP contribution in [0, 0.1) is 0 Å². The molecule has 434 valence electrons. The predicted octanol–water partition coefficient (Wildman–Crippen LogP) is 2.11. The summed E-state index contributed by atoms with van der Waals surface area (Å²) in [5, 5.41) is 23.1. The largest absolute Gasteiger partial charge is 0.493 e. The van der Waals surface area contributed by atoms with Gasteiger partial charge in [0.05, 0.1) is 99.6 Å². The van der Waals surface area contributed by atoms with Crippen molar-refractivity contribution in [2.24, 2.45) is 0 Å². The quantitative estimate of drug-likeness (QED) is 0.0418. The maximum absolute atomic E-state index is 14.1. The fraction of sp³-hybridized carbons (Fsp3) is 0.706. The van der Waals surface area contributed by atoms with Gasteiger partial charge < -0.3 is 114 Å². The Balaban J connectivity index is 1.69. The minimum atomic E-state index is -1.71. The SMILES string of the molecule is COCCOCOC[C@H]1O[C@@H](OCCc2ccc(OC)c(OCOCCOC)c2)[C@H](OCOCCOC)[C@@H](O[C@@H]2O[C@@H](C)[C@H](OCOCCOC)[C@@H](O)[C@H]2O)[C@@H]1OC(=O)/C=C/c1ccc(OCOCCOC)c(OC)c1. The first-order valence-corrected chi connectivity index (χ1v) is 24.7. The van der Waals surface area contributed by atoms with Gasteiger partial charge in [-0.05, 0) is 54.8 Å². The third-order valence-electron chi connectivity index (χ3n) is 11.3. The zero-order chi connectivity index (χ0) is 54.8. The van der Waals surface area contributed by atoms with Crippen molar-refractivity contribution in [3.63, 3.8) is 0 Å². The van der Waals surface area contributed by atoms with Gasteiger partial charge in [-0.15, -0.1) is 0 Å². The van der Waals surface area contributed by atoms with Gasteiger partial charge in [-0.2, -0.15) is 0 Å². The van der Waals surface area contributed by atoms with Crippen molar-refractivity contribution in [2.75, 3.05) is 163 Å². The molecule has 2 aromatic carbocycles. The second-order valence-electron chi connectivity index (χ2n) is 16.6. The van der Waals surface area contributed by atoms with Crippen LogP contribution in [0.4, 0.5) is 0 Å². The fourth-order valence-corrected chi connectivity index (χ4v) is 7.34. The number of carbonyl (C=O) groups is 1. The van der Waals surface area contributed by atoms with E-state index < -0.39 is 67.4 Å². The molecule has 2 fully saturated rings. The first-order valence-electron chi connectivity index (χ1n) is 24.7. The second kappa shape index (κ2) is 38.6. The molecular weight excluding hydrogens is 1010 g/mol. The molecular formula is C51H80O25. The van der Waals surface area contributed by atoms with Gasteiger partial charge in [-0.3, -0.25) is 0 Å². The highest BCUT2D eigenvalue weighted by Gasteiger charge is 2.54. The van der Waals surface area contributed by atoms with Crippen molar-refractivity contribution in [3.05, 3.63) is 53.6 Å². The summed E-state index contributed by atoms with van der Waals surface area (Å²) in [4.78, 5) is 14.1. The number of hydrogen-bond acceptors (Lipinski definition) is 25. The first kappa shape index (κ1) is 64.6. The van der Waals surface area contributed by atoms with E-state index in [-0.39, 0.29) is 73.6 Å². The average molecular weight is 1090 g/mol. The highest BCUT2D eigenvalue weighted by atomic mass is 16.8. The molecule has 2 heterocycles. The minimum absolute atomic E-state index is 0.0384. The third kappa shape index (κ3) is 22.8. The number of hydrogen-bond donors (Lipinski definition) is 2. The molecule has 10 atom stereocenters. The maximum Gasteiger partial charge on any atom is 0.331 e. The van der Waals surface area contributed by atoms with E-state index >= 15 is 0 Å². The summed E-state index contributed by atoms with van der Waals surface area (Å²) in [6.45, 7) is 3.54. The Morgan fingerprint density at radius 2 is 1.09 bits per heavy atom. The summed E-state index contributed by atoms with van der Waals surface area (Å²) in [6, 6.07) is 10.4. The summed E-state index contributed by atoms with van der Waals surface area (Å²) in [7, 11) is 10.8. The third-order valence-corrected chi connectivity index (χ3v) is 11.3. The molecule has 0 bridgehead atoms. The van der Waals surface area contributed by atoms with Gasteiger partial charge in [-0.25, -0.2) is 4.79 Å². The Morgan fingerprint density at radius 1 is 0.526 bits per heavy atom. The second-order valence-corrected chi connectivity index (χ2v) is 16.6. The lowest BCUT2D eigenvalue weighted by atomic mass is 9.96. The smallest absolute Gasteiger partial charge is 0.331 e. The summed E-state index contributed by atoms with van der Waals surface area (Å²) < 4.78 is 126. The molecule has 2 aromatic rings. The molecule has 0 amide bonds. The van der Waals surface area contributed by atoms with E-state index in [4.69, 9.17) is 104 Å². The van der Waals surface area contributed by atoms with Gasteiger partial charge in [0.2, 0.25) is 0 Å². The standard InChI is InChI=1S/C51H80O25/c1-35-46(71-33-65-25-20-58-5)44(53)45(54)50(73-35)76-48-47(75-43(52)14-11-36-10-13-39(40(27-36)61-8)69-31-63-23-18-56-3)42(29-67-30-62-22-17-55-2)74-51(49(48)72-34-66-26-21-59-6)68-16-15-37-9-12-38(60-7)41(28-37)70-32-64-24-19-57-4/h9-14,27-28,35,42,44-51,53-54H,15-26,29-34H2,1-8H3/b14-11+/t35-,42+,44-,45+,46-,47+,48-,49+,50-,51+/m0/s1. The molecule has 2 N–H and O–H groups in total. The molecule has 2 aliphatic rings. The van der Waals surface area contributed by atoms with Crippen molar-refractivity contribution in [2.45, 2.75) is 74.8 Å². The minimum Gasteiger partial charge on any atom is -0.493 e. The van der Waals surface area contributed by atoms with Crippen molar-refractivity contribution < 1.29 is 119 Å². The van der Waals surface area contributed by atoms with Gasteiger partial charge >= 0.3 is 5.97 Å². The van der Waals surface area contributed by atoms with E-state index in [0.29, 0.717) is 74.6 Å². The lowest BCUT2D eigenvalue weighted by Crippen LogP contribution is -2.65. The number of methoxy groups -OCH3 is 7. The van der Waals surface area contributed by atoms with Crippen molar-refractivity contribution in [1.29, 1.82) is 0 Å². The molecule has 25 nitrogen and oxygen atoms in total. The fourth-order valence-electron chi connectivity index (χ4n) is 7.34. The van der Waals surface area contributed by atoms with E-state index in [1.165, 1.54) is 47.7 Å². The van der Waals surface area contributed by atoms with Crippen LogP contribution >= 0.6 is 0 Å². The van der Waals surface area contributed by atoms with Crippen LogP contribution in [0.25, 0.3) is 6.08 Å². The van der Waals surface area contributed by atoms with Crippen molar-refractivity contribution in [3.8, 4) is 23.0 Å². The maximum atomic E-state index is 14.1. The van der Waals surface area contributed by atoms with Gasteiger partial charge in [0.1, 0.15) is 57.0 Å². The number of aliphatic hydroxyl groups is 2. The number of ether oxygens (including phenoxy) is 22. The average Bonchev–Trinajstić information content (AvgIpc) is 3.43. The Hall–Kier alpha value is -3.91. The summed E-state index contributed by atoms with van der Waals surface area (Å²) in [6.07, 6.45) is -10.2. The zero-order valence-corrected chi connectivity index (χ0v) is 44.9. The van der Waals surface area contributed by atoms with Gasteiger partial charge in [0.25, 0.3) is 0 Å². The summed E-state index contributed by atoms with van der Waals surface area (Å²) in [5.41, 5.74) is 1.36. The van der Waals surface area contributed by atoms with E-state index in [9.17, 15) is 15.0 Å². The molecule has 2 saturated heterocycles. The number of esters is 1. The predicted molar refractivity (Wildman–Crippen MR) is 265 cm³/mol. The molecule has 0 radical (unpaired) electrons. The number of rotatable bonds is 42. The monoisotopic (exact) mass is 1090 g/mol. The van der Waals surface area contributed by atoms with Gasteiger partial charge in [-0.1, -0.05) is 12.1 Å². The van der Waals surface area contributed by atoms with E-state index in [1.54, 1.807) is 51.5 Å². The van der Waals surface area contributed by atoms with E-state index in [1.807, 2.05) is 6.07 Å². The number of aliphatic hydroxyl groups excluding tert-OH is 2. The van der Waals surface area contributed by atoms with Crippen LogP contribution < -0.4 is 18.9 Å². The van der Waals surface area contributed by atoms with Gasteiger partial charge in [0.15, 0.2) is 55.3 Å². The highest BCUT2D eigenvalue weighted by Crippen LogP contribution is 2.35. The van der Waals surface area contributed by atoms with Crippen molar-refractivity contribution >= 4 is 12.0 Å². The molecule has 76 heavy (non-hydrogen) atoms. The van der Waals surface area contributed by atoms with E-state index in [2.05, 4.69) is 0 Å².